The van der Waals surface area contributed by atoms with Gasteiger partial charge in [-0.25, -0.2) is 0 Å². The Morgan fingerprint density at radius 3 is 2.75 bits per heavy atom. The van der Waals surface area contributed by atoms with E-state index in [-0.39, 0.29) is 5.91 Å². The van der Waals surface area contributed by atoms with E-state index in [2.05, 4.69) is 10.3 Å². The Bertz CT molecular complexity index is 527. The Labute approximate surface area is 106 Å². The van der Waals surface area contributed by atoms with Gasteiger partial charge >= 0.3 is 0 Å². The molecule has 0 radical (unpaired) electrons. The van der Waals surface area contributed by atoms with Crippen LogP contribution in [0, 0.1) is 0 Å². The third-order valence-corrected chi connectivity index (χ3v) is 3.51. The lowest BCUT2D eigenvalue weighted by Crippen LogP contribution is -2.11. The van der Waals surface area contributed by atoms with Crippen LogP contribution in [-0.2, 0) is 0 Å². The van der Waals surface area contributed by atoms with Gasteiger partial charge in [0.2, 0.25) is 0 Å². The highest BCUT2D eigenvalue weighted by molar-refractivity contribution is 7.12. The SMILES string of the molecule is O=C(Nc1cnccc1Cl)c1sccc1Cl. The Hall–Kier alpha value is -1.10. The minimum absolute atomic E-state index is 0.282. The van der Waals surface area contributed by atoms with E-state index in [0.29, 0.717) is 20.6 Å². The van der Waals surface area contributed by atoms with Crippen LogP contribution in [-0.4, -0.2) is 10.9 Å². The first-order valence-corrected chi connectivity index (χ1v) is 5.96. The Morgan fingerprint density at radius 1 is 1.31 bits per heavy atom. The molecule has 0 spiro atoms. The van der Waals surface area contributed by atoms with Crippen LogP contribution >= 0.6 is 34.5 Å². The first-order valence-electron chi connectivity index (χ1n) is 4.32. The van der Waals surface area contributed by atoms with Crippen molar-refractivity contribution in [1.29, 1.82) is 0 Å². The van der Waals surface area contributed by atoms with Crippen LogP contribution in [0.3, 0.4) is 0 Å². The molecule has 82 valence electrons. The number of nitrogens with one attached hydrogen (secondary N) is 1. The molecule has 0 atom stereocenters. The Balaban J connectivity index is 2.21. The van der Waals surface area contributed by atoms with Crippen molar-refractivity contribution in [1.82, 2.24) is 4.98 Å². The molecule has 0 unspecified atom stereocenters. The molecule has 0 saturated heterocycles. The number of thiophene rings is 1. The summed E-state index contributed by atoms with van der Waals surface area (Å²) in [6.45, 7) is 0. The average Bonchev–Trinajstić information content (AvgIpc) is 2.68. The number of hydrogen-bond donors (Lipinski definition) is 1. The number of aromatic nitrogens is 1. The van der Waals surface area contributed by atoms with Crippen molar-refractivity contribution in [2.24, 2.45) is 0 Å². The predicted octanol–water partition coefficient (Wildman–Crippen LogP) is 3.70. The molecule has 2 heterocycles. The van der Waals surface area contributed by atoms with Crippen molar-refractivity contribution in [2.45, 2.75) is 0 Å². The van der Waals surface area contributed by atoms with Crippen LogP contribution in [0.4, 0.5) is 5.69 Å². The summed E-state index contributed by atoms with van der Waals surface area (Å²) in [4.78, 5) is 16.1. The third kappa shape index (κ3) is 2.35. The van der Waals surface area contributed by atoms with Gasteiger partial charge in [-0.05, 0) is 17.5 Å². The number of amides is 1. The lowest BCUT2D eigenvalue weighted by atomic mass is 10.4. The summed E-state index contributed by atoms with van der Waals surface area (Å²) in [5.74, 6) is -0.282. The zero-order valence-electron chi connectivity index (χ0n) is 7.91. The van der Waals surface area contributed by atoms with E-state index >= 15 is 0 Å². The highest BCUT2D eigenvalue weighted by atomic mass is 35.5. The van der Waals surface area contributed by atoms with Crippen LogP contribution < -0.4 is 5.32 Å². The van der Waals surface area contributed by atoms with Crippen molar-refractivity contribution < 1.29 is 4.79 Å². The molecule has 0 aliphatic rings. The fraction of sp³-hybridized carbons (Fsp3) is 0. The van der Waals surface area contributed by atoms with Crippen molar-refractivity contribution in [3.8, 4) is 0 Å². The summed E-state index contributed by atoms with van der Waals surface area (Å²) in [7, 11) is 0. The Morgan fingerprint density at radius 2 is 2.12 bits per heavy atom. The molecule has 0 saturated carbocycles. The average molecular weight is 273 g/mol. The highest BCUT2D eigenvalue weighted by Gasteiger charge is 2.13. The first-order chi connectivity index (χ1) is 7.68. The summed E-state index contributed by atoms with van der Waals surface area (Å²) < 4.78 is 0. The fourth-order valence-electron chi connectivity index (χ4n) is 1.10. The van der Waals surface area contributed by atoms with Crippen molar-refractivity contribution in [3.05, 3.63) is 44.8 Å². The summed E-state index contributed by atoms with van der Waals surface area (Å²) in [6, 6.07) is 3.28. The molecule has 16 heavy (non-hydrogen) atoms. The van der Waals surface area contributed by atoms with E-state index < -0.39 is 0 Å². The number of rotatable bonds is 2. The molecule has 0 bridgehead atoms. The van der Waals surface area contributed by atoms with Crippen LogP contribution in [0.15, 0.2) is 29.9 Å². The summed E-state index contributed by atoms with van der Waals surface area (Å²) in [6.07, 6.45) is 3.04. The van der Waals surface area contributed by atoms with Crippen LogP contribution in [0.2, 0.25) is 10.0 Å². The molecular formula is C10H6Cl2N2OS. The van der Waals surface area contributed by atoms with Gasteiger partial charge in [-0.1, -0.05) is 23.2 Å². The standard InChI is InChI=1S/C10H6Cl2N2OS/c11-6-1-3-13-5-8(6)14-10(15)9-7(12)2-4-16-9/h1-5H,(H,14,15). The van der Waals surface area contributed by atoms with Crippen molar-refractivity contribution in [2.75, 3.05) is 5.32 Å². The molecule has 0 fully saturated rings. The third-order valence-electron chi connectivity index (χ3n) is 1.84. The normalized spacial score (nSPS) is 10.1. The van der Waals surface area contributed by atoms with Crippen LogP contribution in [0.25, 0.3) is 0 Å². The molecule has 2 aromatic heterocycles. The van der Waals surface area contributed by atoms with Gasteiger partial charge in [0.25, 0.3) is 5.91 Å². The number of anilines is 1. The second kappa shape index (κ2) is 4.82. The molecule has 1 N–H and O–H groups in total. The van der Waals surface area contributed by atoms with E-state index in [1.54, 1.807) is 23.7 Å². The highest BCUT2D eigenvalue weighted by Crippen LogP contribution is 2.25. The number of pyridine rings is 1. The fourth-order valence-corrected chi connectivity index (χ4v) is 2.29. The summed E-state index contributed by atoms with van der Waals surface area (Å²) >= 11 is 13.0. The lowest BCUT2D eigenvalue weighted by Gasteiger charge is -2.04. The zero-order valence-corrected chi connectivity index (χ0v) is 10.2. The first kappa shape index (κ1) is 11.4. The molecular weight excluding hydrogens is 267 g/mol. The van der Waals surface area contributed by atoms with Gasteiger partial charge in [0.05, 0.1) is 21.9 Å². The molecule has 0 aliphatic carbocycles. The maximum Gasteiger partial charge on any atom is 0.267 e. The predicted molar refractivity (Wildman–Crippen MR) is 66.5 cm³/mol. The number of hydrogen-bond acceptors (Lipinski definition) is 3. The maximum absolute atomic E-state index is 11.8. The number of halogens is 2. The van der Waals surface area contributed by atoms with E-state index in [1.807, 2.05) is 0 Å². The van der Waals surface area contributed by atoms with Crippen molar-refractivity contribution >= 4 is 46.1 Å². The summed E-state index contributed by atoms with van der Waals surface area (Å²) in [5, 5.41) is 5.27. The molecule has 0 aliphatic heterocycles. The van der Waals surface area contributed by atoms with Gasteiger partial charge < -0.3 is 5.32 Å². The minimum atomic E-state index is -0.282. The smallest absolute Gasteiger partial charge is 0.267 e. The van der Waals surface area contributed by atoms with Gasteiger partial charge in [0.15, 0.2) is 0 Å². The van der Waals surface area contributed by atoms with E-state index in [0.717, 1.165) is 0 Å². The van der Waals surface area contributed by atoms with Crippen molar-refractivity contribution in [3.63, 3.8) is 0 Å². The van der Waals surface area contributed by atoms with Gasteiger partial charge in [0.1, 0.15) is 4.88 Å². The van der Waals surface area contributed by atoms with Crippen LogP contribution in [0.5, 0.6) is 0 Å². The van der Waals surface area contributed by atoms with Gasteiger partial charge in [-0.3, -0.25) is 9.78 Å². The molecule has 2 rings (SSSR count). The molecule has 0 aromatic carbocycles. The monoisotopic (exact) mass is 272 g/mol. The minimum Gasteiger partial charge on any atom is -0.319 e. The van der Waals surface area contributed by atoms with E-state index in [9.17, 15) is 4.79 Å². The van der Waals surface area contributed by atoms with E-state index in [1.165, 1.54) is 17.5 Å². The number of carbonyl (C=O) groups excluding carboxylic acids is 1. The van der Waals surface area contributed by atoms with Gasteiger partial charge in [-0.15, -0.1) is 11.3 Å². The molecule has 1 amide bonds. The Kier molecular flexibility index (Phi) is 3.43. The van der Waals surface area contributed by atoms with Crippen LogP contribution in [0.1, 0.15) is 9.67 Å². The van der Waals surface area contributed by atoms with Gasteiger partial charge in [0, 0.05) is 6.20 Å². The zero-order chi connectivity index (χ0) is 11.5. The number of carbonyl (C=O) groups is 1. The summed E-state index contributed by atoms with van der Waals surface area (Å²) in [5.41, 5.74) is 0.471. The largest absolute Gasteiger partial charge is 0.319 e. The topological polar surface area (TPSA) is 42.0 Å². The van der Waals surface area contributed by atoms with E-state index in [4.69, 9.17) is 23.2 Å². The second-order valence-corrected chi connectivity index (χ2v) is 4.64. The molecule has 6 heteroatoms. The van der Waals surface area contributed by atoms with Gasteiger partial charge in [-0.2, -0.15) is 0 Å². The maximum atomic E-state index is 11.8. The second-order valence-electron chi connectivity index (χ2n) is 2.91. The molecule has 3 nitrogen and oxygen atoms in total. The lowest BCUT2D eigenvalue weighted by molar-refractivity contribution is 0.103. The number of nitrogens with zero attached hydrogens (tertiary/aromatic N) is 1. The molecule has 2 aromatic rings. The quantitative estimate of drug-likeness (QED) is 0.906.